The van der Waals surface area contributed by atoms with E-state index in [0.717, 1.165) is 11.1 Å². The van der Waals surface area contributed by atoms with Crippen LogP contribution < -0.4 is 5.32 Å². The van der Waals surface area contributed by atoms with Crippen molar-refractivity contribution in [3.05, 3.63) is 66.1 Å². The number of hydrogen-bond acceptors (Lipinski definition) is 6. The Labute approximate surface area is 162 Å². The lowest BCUT2D eigenvalue weighted by Crippen LogP contribution is -2.30. The van der Waals surface area contributed by atoms with Crippen LogP contribution in [0, 0.1) is 6.92 Å². The van der Waals surface area contributed by atoms with Crippen LogP contribution in [-0.2, 0) is 20.7 Å². The molecule has 3 rings (SSSR count). The molecular weight excluding hydrogens is 358 g/mol. The zero-order chi connectivity index (χ0) is 19.9. The number of ether oxygens (including phenoxy) is 1. The Morgan fingerprint density at radius 3 is 2.68 bits per heavy atom. The molecule has 0 radical (unpaired) electrons. The summed E-state index contributed by atoms with van der Waals surface area (Å²) in [4.78, 5) is 28.5. The lowest BCUT2D eigenvalue weighted by Gasteiger charge is -2.13. The van der Waals surface area contributed by atoms with Crippen molar-refractivity contribution in [1.82, 2.24) is 10.1 Å². The molecule has 0 aliphatic carbocycles. The number of amides is 1. The Kier molecular flexibility index (Phi) is 6.16. The van der Waals surface area contributed by atoms with E-state index in [-0.39, 0.29) is 18.7 Å². The Hall–Kier alpha value is -3.48. The van der Waals surface area contributed by atoms with Crippen molar-refractivity contribution in [1.29, 1.82) is 0 Å². The highest BCUT2D eigenvalue weighted by atomic mass is 16.5. The third-order valence-electron chi connectivity index (χ3n) is 4.01. The molecule has 1 aromatic heterocycles. The van der Waals surface area contributed by atoms with Crippen molar-refractivity contribution < 1.29 is 18.8 Å². The van der Waals surface area contributed by atoms with Crippen molar-refractivity contribution in [2.24, 2.45) is 0 Å². The lowest BCUT2D eigenvalue weighted by atomic mass is 10.2. The van der Waals surface area contributed by atoms with E-state index in [4.69, 9.17) is 9.26 Å². The van der Waals surface area contributed by atoms with Crippen LogP contribution in [0.3, 0.4) is 0 Å². The van der Waals surface area contributed by atoms with E-state index in [1.54, 1.807) is 6.07 Å². The van der Waals surface area contributed by atoms with Gasteiger partial charge in [-0.2, -0.15) is 4.98 Å². The largest absolute Gasteiger partial charge is 0.453 e. The summed E-state index contributed by atoms with van der Waals surface area (Å²) in [5.74, 6) is -0.0861. The molecule has 3 aromatic rings. The van der Waals surface area contributed by atoms with Crippen LogP contribution in [-0.4, -0.2) is 28.1 Å². The normalized spacial score (nSPS) is 11.6. The van der Waals surface area contributed by atoms with Gasteiger partial charge in [-0.05, 0) is 31.5 Å². The quantitative estimate of drug-likeness (QED) is 0.631. The van der Waals surface area contributed by atoms with Gasteiger partial charge >= 0.3 is 5.97 Å². The van der Waals surface area contributed by atoms with Crippen LogP contribution in [0.5, 0.6) is 0 Å². The standard InChI is InChI=1S/C21H21N3O4/c1-14-7-6-10-17(13-14)22-21(26)15(2)27-19(25)12-11-18-23-20(24-28-18)16-8-4-3-5-9-16/h3-10,13,15H,11-12H2,1-2H3,(H,22,26). The van der Waals surface area contributed by atoms with E-state index in [2.05, 4.69) is 15.5 Å². The van der Waals surface area contributed by atoms with Gasteiger partial charge in [0.1, 0.15) is 0 Å². The smallest absolute Gasteiger partial charge is 0.307 e. The van der Waals surface area contributed by atoms with Crippen LogP contribution in [0.2, 0.25) is 0 Å². The molecule has 144 valence electrons. The van der Waals surface area contributed by atoms with Crippen molar-refractivity contribution in [2.45, 2.75) is 32.8 Å². The molecule has 0 aliphatic heterocycles. The van der Waals surface area contributed by atoms with Gasteiger partial charge in [0.25, 0.3) is 5.91 Å². The molecule has 0 fully saturated rings. The van der Waals surface area contributed by atoms with Gasteiger partial charge in [0.2, 0.25) is 11.7 Å². The number of nitrogens with one attached hydrogen (secondary N) is 1. The number of aromatic nitrogens is 2. The molecule has 1 atom stereocenters. The fourth-order valence-corrected chi connectivity index (χ4v) is 2.55. The number of esters is 1. The third-order valence-corrected chi connectivity index (χ3v) is 4.01. The number of anilines is 1. The van der Waals surface area contributed by atoms with E-state index >= 15 is 0 Å². The number of aryl methyl sites for hydroxylation is 2. The molecule has 7 nitrogen and oxygen atoms in total. The summed E-state index contributed by atoms with van der Waals surface area (Å²) < 4.78 is 10.4. The molecular formula is C21H21N3O4. The van der Waals surface area contributed by atoms with Crippen LogP contribution in [0.1, 0.15) is 24.8 Å². The summed E-state index contributed by atoms with van der Waals surface area (Å²) >= 11 is 0. The van der Waals surface area contributed by atoms with Gasteiger partial charge in [0.05, 0.1) is 6.42 Å². The number of nitrogens with zero attached hydrogens (tertiary/aromatic N) is 2. The predicted molar refractivity (Wildman–Crippen MR) is 103 cm³/mol. The molecule has 1 unspecified atom stereocenters. The predicted octanol–water partition coefficient (Wildman–Crippen LogP) is 3.55. The van der Waals surface area contributed by atoms with E-state index in [1.807, 2.05) is 55.5 Å². The highest BCUT2D eigenvalue weighted by Crippen LogP contribution is 2.16. The summed E-state index contributed by atoms with van der Waals surface area (Å²) in [6.45, 7) is 3.46. The number of hydrogen-bond donors (Lipinski definition) is 1. The second-order valence-electron chi connectivity index (χ2n) is 6.37. The van der Waals surface area contributed by atoms with Gasteiger partial charge in [0.15, 0.2) is 6.10 Å². The minimum atomic E-state index is -0.907. The summed E-state index contributed by atoms with van der Waals surface area (Å²) in [5.41, 5.74) is 2.52. The van der Waals surface area contributed by atoms with E-state index in [9.17, 15) is 9.59 Å². The summed E-state index contributed by atoms with van der Waals surface area (Å²) in [6.07, 6.45) is -0.626. The highest BCUT2D eigenvalue weighted by Gasteiger charge is 2.19. The minimum Gasteiger partial charge on any atom is -0.453 e. The fourth-order valence-electron chi connectivity index (χ4n) is 2.55. The number of carbonyl (C=O) groups excluding carboxylic acids is 2. The van der Waals surface area contributed by atoms with Crippen LogP contribution >= 0.6 is 0 Å². The lowest BCUT2D eigenvalue weighted by molar-refractivity contribution is -0.153. The average molecular weight is 379 g/mol. The topological polar surface area (TPSA) is 94.3 Å². The Balaban J connectivity index is 1.47. The maximum Gasteiger partial charge on any atom is 0.307 e. The second kappa shape index (κ2) is 8.94. The summed E-state index contributed by atoms with van der Waals surface area (Å²) in [7, 11) is 0. The molecule has 0 aliphatic rings. The first-order chi connectivity index (χ1) is 13.5. The molecule has 1 heterocycles. The Morgan fingerprint density at radius 1 is 1.14 bits per heavy atom. The number of rotatable bonds is 7. The second-order valence-corrected chi connectivity index (χ2v) is 6.37. The molecule has 2 aromatic carbocycles. The number of benzene rings is 2. The average Bonchev–Trinajstić information content (AvgIpc) is 3.16. The molecule has 0 spiro atoms. The monoisotopic (exact) mass is 379 g/mol. The zero-order valence-corrected chi connectivity index (χ0v) is 15.7. The summed E-state index contributed by atoms with van der Waals surface area (Å²) in [5, 5.41) is 6.63. The summed E-state index contributed by atoms with van der Waals surface area (Å²) in [6, 6.07) is 16.8. The van der Waals surface area contributed by atoms with Crippen molar-refractivity contribution in [3.63, 3.8) is 0 Å². The molecule has 1 amide bonds. The van der Waals surface area contributed by atoms with Crippen LogP contribution in [0.15, 0.2) is 59.1 Å². The number of carbonyl (C=O) groups is 2. The molecule has 7 heteroatoms. The fraction of sp³-hybridized carbons (Fsp3) is 0.238. The first kappa shape index (κ1) is 19.3. The van der Waals surface area contributed by atoms with Gasteiger partial charge in [-0.1, -0.05) is 47.6 Å². The van der Waals surface area contributed by atoms with Crippen molar-refractivity contribution in [2.75, 3.05) is 5.32 Å². The molecule has 0 bridgehead atoms. The minimum absolute atomic E-state index is 0.0402. The molecule has 0 saturated heterocycles. The van der Waals surface area contributed by atoms with Gasteiger partial charge in [-0.15, -0.1) is 0 Å². The van der Waals surface area contributed by atoms with Crippen molar-refractivity contribution >= 4 is 17.6 Å². The van der Waals surface area contributed by atoms with Crippen LogP contribution in [0.4, 0.5) is 5.69 Å². The van der Waals surface area contributed by atoms with Gasteiger partial charge in [-0.25, -0.2) is 0 Å². The van der Waals surface area contributed by atoms with Gasteiger partial charge in [-0.3, -0.25) is 9.59 Å². The Morgan fingerprint density at radius 2 is 1.93 bits per heavy atom. The maximum absolute atomic E-state index is 12.2. The first-order valence-corrected chi connectivity index (χ1v) is 8.96. The molecule has 1 N–H and O–H groups in total. The van der Waals surface area contributed by atoms with E-state index in [1.165, 1.54) is 6.92 Å². The first-order valence-electron chi connectivity index (χ1n) is 8.96. The SMILES string of the molecule is Cc1cccc(NC(=O)C(C)OC(=O)CCc2nc(-c3ccccc3)no2)c1. The zero-order valence-electron chi connectivity index (χ0n) is 15.7. The van der Waals surface area contributed by atoms with Crippen molar-refractivity contribution in [3.8, 4) is 11.4 Å². The van der Waals surface area contributed by atoms with Crippen LogP contribution in [0.25, 0.3) is 11.4 Å². The van der Waals surface area contributed by atoms with E-state index in [0.29, 0.717) is 17.4 Å². The molecule has 0 saturated carbocycles. The van der Waals surface area contributed by atoms with Gasteiger partial charge < -0.3 is 14.6 Å². The molecule has 28 heavy (non-hydrogen) atoms. The van der Waals surface area contributed by atoms with E-state index < -0.39 is 12.1 Å². The maximum atomic E-state index is 12.2. The Bertz CT molecular complexity index is 953. The third kappa shape index (κ3) is 5.26. The van der Waals surface area contributed by atoms with Gasteiger partial charge in [0, 0.05) is 17.7 Å². The highest BCUT2D eigenvalue weighted by molar-refractivity contribution is 5.95.